The van der Waals surface area contributed by atoms with Gasteiger partial charge in [0.05, 0.1) is 34.2 Å². The van der Waals surface area contributed by atoms with Crippen LogP contribution in [0.15, 0.2) is 75.8 Å². The summed E-state index contributed by atoms with van der Waals surface area (Å²) in [5, 5.41) is 11.2. The maximum atomic E-state index is 11.2. The fourth-order valence-corrected chi connectivity index (χ4v) is 3.73. The predicted octanol–water partition coefficient (Wildman–Crippen LogP) is 5.40. The minimum absolute atomic E-state index is 0.178. The number of aromatic carboxylic acids is 1. The van der Waals surface area contributed by atoms with Crippen LogP contribution in [0.25, 0.3) is 21.7 Å². The molecule has 0 aliphatic carbocycles. The molecule has 150 valence electrons. The van der Waals surface area contributed by atoms with Crippen LogP contribution in [0.4, 0.5) is 0 Å². The highest BCUT2D eigenvalue weighted by molar-refractivity contribution is 7.13. The standard InChI is InChI=1S/C23H18N2O4S/c1-24-12-19-18(17-7-8-28-14-17)11-20(21-6-3-9-30-21)25-22(19)29-13-15-4-2-5-16(10-15)23(26)27/h2-12,14H,13H2,1H3,(H,26,27). The summed E-state index contributed by atoms with van der Waals surface area (Å²) in [6.07, 6.45) is 4.99. The molecule has 0 bridgehead atoms. The van der Waals surface area contributed by atoms with Crippen LogP contribution in [0.2, 0.25) is 0 Å². The van der Waals surface area contributed by atoms with E-state index >= 15 is 0 Å². The Bertz CT molecular complexity index is 1180. The van der Waals surface area contributed by atoms with E-state index in [4.69, 9.17) is 14.1 Å². The molecular weight excluding hydrogens is 400 g/mol. The number of aromatic nitrogens is 1. The molecule has 0 unspecified atom stereocenters. The number of carboxylic acid groups (broad SMARTS) is 1. The van der Waals surface area contributed by atoms with Gasteiger partial charge in [-0.25, -0.2) is 9.78 Å². The van der Waals surface area contributed by atoms with Crippen molar-refractivity contribution in [1.82, 2.24) is 4.98 Å². The number of hydrogen-bond donors (Lipinski definition) is 1. The number of pyridine rings is 1. The largest absolute Gasteiger partial charge is 0.478 e. The van der Waals surface area contributed by atoms with E-state index in [1.165, 1.54) is 0 Å². The number of carboxylic acids is 1. The number of rotatable bonds is 7. The lowest BCUT2D eigenvalue weighted by Gasteiger charge is -2.14. The lowest BCUT2D eigenvalue weighted by Crippen LogP contribution is -2.05. The van der Waals surface area contributed by atoms with Gasteiger partial charge in [-0.15, -0.1) is 11.3 Å². The molecule has 6 nitrogen and oxygen atoms in total. The highest BCUT2D eigenvalue weighted by Crippen LogP contribution is 2.35. The molecule has 0 radical (unpaired) electrons. The molecule has 3 heterocycles. The van der Waals surface area contributed by atoms with E-state index in [9.17, 15) is 9.90 Å². The average molecular weight is 418 g/mol. The third-order valence-electron chi connectivity index (χ3n) is 4.44. The Labute approximate surface area is 177 Å². The normalized spacial score (nSPS) is 11.1. The molecule has 0 aliphatic heterocycles. The number of benzene rings is 1. The van der Waals surface area contributed by atoms with Crippen LogP contribution >= 0.6 is 11.3 Å². The zero-order valence-electron chi connectivity index (χ0n) is 16.1. The van der Waals surface area contributed by atoms with Crippen molar-refractivity contribution in [2.24, 2.45) is 4.99 Å². The van der Waals surface area contributed by atoms with E-state index < -0.39 is 5.97 Å². The molecule has 0 saturated carbocycles. The van der Waals surface area contributed by atoms with Crippen molar-refractivity contribution in [1.29, 1.82) is 0 Å². The second-order valence-corrected chi connectivity index (χ2v) is 7.39. The lowest BCUT2D eigenvalue weighted by molar-refractivity contribution is 0.0696. The summed E-state index contributed by atoms with van der Waals surface area (Å²) in [6, 6.07) is 14.5. The van der Waals surface area contributed by atoms with Crippen molar-refractivity contribution in [3.05, 3.63) is 83.1 Å². The van der Waals surface area contributed by atoms with Crippen LogP contribution in [0, 0.1) is 0 Å². The first kappa shape index (κ1) is 19.6. The van der Waals surface area contributed by atoms with Crippen molar-refractivity contribution < 1.29 is 19.1 Å². The van der Waals surface area contributed by atoms with Gasteiger partial charge in [-0.3, -0.25) is 4.99 Å². The van der Waals surface area contributed by atoms with Gasteiger partial charge in [0.15, 0.2) is 0 Å². The third kappa shape index (κ3) is 4.16. The number of ether oxygens (including phenoxy) is 1. The molecule has 1 aromatic carbocycles. The minimum Gasteiger partial charge on any atom is -0.478 e. The van der Waals surface area contributed by atoms with Crippen LogP contribution < -0.4 is 4.74 Å². The Morgan fingerprint density at radius 2 is 2.17 bits per heavy atom. The number of thiophene rings is 1. The molecule has 0 spiro atoms. The van der Waals surface area contributed by atoms with Gasteiger partial charge in [-0.2, -0.15) is 0 Å². The highest BCUT2D eigenvalue weighted by atomic mass is 32.1. The van der Waals surface area contributed by atoms with Crippen LogP contribution in [-0.4, -0.2) is 29.3 Å². The Hall–Kier alpha value is -3.71. The molecular formula is C23H18N2O4S. The van der Waals surface area contributed by atoms with Crippen LogP contribution in [0.1, 0.15) is 21.5 Å². The average Bonchev–Trinajstić information content (AvgIpc) is 3.47. The Kier molecular flexibility index (Phi) is 5.72. The smallest absolute Gasteiger partial charge is 0.335 e. The number of hydrogen-bond acceptors (Lipinski definition) is 6. The van der Waals surface area contributed by atoms with E-state index in [2.05, 4.69) is 4.99 Å². The van der Waals surface area contributed by atoms with Crippen molar-refractivity contribution in [2.75, 3.05) is 7.05 Å². The number of carbonyl (C=O) groups is 1. The van der Waals surface area contributed by atoms with E-state index in [1.807, 2.05) is 35.7 Å². The maximum Gasteiger partial charge on any atom is 0.335 e. The number of aliphatic imine (C=N–C) groups is 1. The maximum absolute atomic E-state index is 11.2. The molecule has 0 fully saturated rings. The van der Waals surface area contributed by atoms with Gasteiger partial charge in [0.1, 0.15) is 6.61 Å². The van der Waals surface area contributed by atoms with Crippen molar-refractivity contribution in [3.8, 4) is 27.6 Å². The van der Waals surface area contributed by atoms with E-state index in [0.29, 0.717) is 5.88 Å². The molecule has 4 aromatic rings. The zero-order chi connectivity index (χ0) is 20.9. The Morgan fingerprint density at radius 1 is 1.27 bits per heavy atom. The van der Waals surface area contributed by atoms with Gasteiger partial charge >= 0.3 is 5.97 Å². The Morgan fingerprint density at radius 3 is 2.87 bits per heavy atom. The Balaban J connectivity index is 1.77. The van der Waals surface area contributed by atoms with Gasteiger partial charge in [0.2, 0.25) is 5.88 Å². The first-order chi connectivity index (χ1) is 14.7. The summed E-state index contributed by atoms with van der Waals surface area (Å²) < 4.78 is 11.3. The molecule has 30 heavy (non-hydrogen) atoms. The summed E-state index contributed by atoms with van der Waals surface area (Å²) in [6.45, 7) is 0.178. The molecule has 0 aliphatic rings. The first-order valence-electron chi connectivity index (χ1n) is 9.14. The quantitative estimate of drug-likeness (QED) is 0.406. The molecule has 7 heteroatoms. The van der Waals surface area contributed by atoms with Gasteiger partial charge in [-0.1, -0.05) is 18.2 Å². The molecule has 0 saturated heterocycles. The van der Waals surface area contributed by atoms with Gasteiger partial charge in [0, 0.05) is 24.4 Å². The zero-order valence-corrected chi connectivity index (χ0v) is 16.9. The summed E-state index contributed by atoms with van der Waals surface area (Å²) in [4.78, 5) is 21.2. The monoisotopic (exact) mass is 418 g/mol. The van der Waals surface area contributed by atoms with E-state index in [0.717, 1.165) is 32.8 Å². The van der Waals surface area contributed by atoms with Crippen LogP contribution in [-0.2, 0) is 6.61 Å². The van der Waals surface area contributed by atoms with Gasteiger partial charge < -0.3 is 14.3 Å². The predicted molar refractivity (Wildman–Crippen MR) is 117 cm³/mol. The summed E-state index contributed by atoms with van der Waals surface area (Å²) in [7, 11) is 1.69. The lowest BCUT2D eigenvalue weighted by atomic mass is 10.0. The topological polar surface area (TPSA) is 84.9 Å². The van der Waals surface area contributed by atoms with E-state index in [-0.39, 0.29) is 12.2 Å². The SMILES string of the molecule is CN=Cc1c(-c2ccoc2)cc(-c2cccs2)nc1OCc1cccc(C(=O)O)c1. The molecule has 0 amide bonds. The number of furan rings is 1. The summed E-state index contributed by atoms with van der Waals surface area (Å²) in [5.74, 6) is -0.556. The fraction of sp³-hybridized carbons (Fsp3) is 0.0870. The van der Waals surface area contributed by atoms with Crippen LogP contribution in [0.5, 0.6) is 5.88 Å². The summed E-state index contributed by atoms with van der Waals surface area (Å²) in [5.41, 5.74) is 4.25. The second-order valence-electron chi connectivity index (χ2n) is 6.44. The molecule has 0 atom stereocenters. The highest BCUT2D eigenvalue weighted by Gasteiger charge is 2.17. The third-order valence-corrected chi connectivity index (χ3v) is 5.33. The van der Waals surface area contributed by atoms with Gasteiger partial charge in [-0.05, 0) is 41.3 Å². The summed E-state index contributed by atoms with van der Waals surface area (Å²) >= 11 is 1.59. The van der Waals surface area contributed by atoms with Crippen LogP contribution in [0.3, 0.4) is 0 Å². The van der Waals surface area contributed by atoms with E-state index in [1.54, 1.807) is 55.3 Å². The van der Waals surface area contributed by atoms with Crippen molar-refractivity contribution in [2.45, 2.75) is 6.61 Å². The second kappa shape index (κ2) is 8.75. The molecule has 1 N–H and O–H groups in total. The van der Waals surface area contributed by atoms with Crippen molar-refractivity contribution >= 4 is 23.5 Å². The fourth-order valence-electron chi connectivity index (χ4n) is 3.05. The van der Waals surface area contributed by atoms with Crippen molar-refractivity contribution in [3.63, 3.8) is 0 Å². The molecule has 4 rings (SSSR count). The molecule has 3 aromatic heterocycles. The van der Waals surface area contributed by atoms with Gasteiger partial charge in [0.25, 0.3) is 0 Å². The first-order valence-corrected chi connectivity index (χ1v) is 10.0. The minimum atomic E-state index is -0.976. The number of nitrogens with zero attached hydrogens (tertiary/aromatic N) is 2.